The van der Waals surface area contributed by atoms with Gasteiger partial charge in [0.2, 0.25) is 0 Å². The van der Waals surface area contributed by atoms with E-state index in [2.05, 4.69) is 19.7 Å². The summed E-state index contributed by atoms with van der Waals surface area (Å²) in [7, 11) is 1.34. The molecule has 0 saturated carbocycles. The molecule has 0 saturated heterocycles. The summed E-state index contributed by atoms with van der Waals surface area (Å²) in [5, 5.41) is 0. The first-order chi connectivity index (χ1) is 12.2. The molecule has 0 aliphatic heterocycles. The number of fused-ring (bicyclic) bond motifs is 1. The van der Waals surface area contributed by atoms with Crippen LogP contribution in [0.5, 0.6) is 0 Å². The first kappa shape index (κ1) is 16.8. The number of hydrogen-bond donors (Lipinski definition) is 0. The monoisotopic (exact) mass is 338 g/mol. The van der Waals surface area contributed by atoms with Crippen LogP contribution in [0.4, 0.5) is 0 Å². The summed E-state index contributed by atoms with van der Waals surface area (Å²) in [6, 6.07) is 9.88. The fourth-order valence-electron chi connectivity index (χ4n) is 2.61. The highest BCUT2D eigenvalue weighted by atomic mass is 16.5. The maximum atomic E-state index is 12.8. The summed E-state index contributed by atoms with van der Waals surface area (Å²) in [5.74, 6) is 0.169. The number of aryl methyl sites for hydroxylation is 2. The van der Waals surface area contributed by atoms with Crippen LogP contribution in [-0.4, -0.2) is 32.6 Å². The number of hydrogen-bond acceptors (Lipinski definition) is 6. The van der Waals surface area contributed by atoms with Crippen molar-refractivity contribution in [1.29, 1.82) is 0 Å². The minimum Gasteiger partial charge on any atom is -0.469 e. The Morgan fingerprint density at radius 2 is 1.88 bits per heavy atom. The number of rotatable bonds is 6. The molecule has 7 nitrogen and oxygen atoms in total. The molecule has 3 rings (SSSR count). The minimum absolute atomic E-state index is 0.153. The van der Waals surface area contributed by atoms with Crippen molar-refractivity contribution in [3.63, 3.8) is 0 Å². The molecule has 128 valence electrons. The SMILES string of the molecule is COC(=O)CCc1nc2nccnc2c(=O)n1CCc1ccccc1. The number of methoxy groups -OCH3 is 1. The molecule has 0 fully saturated rings. The van der Waals surface area contributed by atoms with Gasteiger partial charge in [0.05, 0.1) is 13.5 Å². The number of benzene rings is 1. The van der Waals surface area contributed by atoms with E-state index >= 15 is 0 Å². The molecule has 0 amide bonds. The predicted molar refractivity (Wildman–Crippen MR) is 92.1 cm³/mol. The Kier molecular flexibility index (Phi) is 5.13. The highest BCUT2D eigenvalue weighted by molar-refractivity contribution is 5.70. The normalized spacial score (nSPS) is 10.8. The number of aromatic nitrogens is 4. The van der Waals surface area contributed by atoms with E-state index < -0.39 is 0 Å². The third-order valence-electron chi connectivity index (χ3n) is 3.92. The van der Waals surface area contributed by atoms with Gasteiger partial charge in [-0.2, -0.15) is 0 Å². The van der Waals surface area contributed by atoms with Gasteiger partial charge in [0, 0.05) is 25.4 Å². The highest BCUT2D eigenvalue weighted by Gasteiger charge is 2.14. The Morgan fingerprint density at radius 3 is 2.64 bits per heavy atom. The lowest BCUT2D eigenvalue weighted by molar-refractivity contribution is -0.140. The van der Waals surface area contributed by atoms with Gasteiger partial charge in [0.15, 0.2) is 11.2 Å². The van der Waals surface area contributed by atoms with Gasteiger partial charge in [-0.05, 0) is 12.0 Å². The first-order valence-corrected chi connectivity index (χ1v) is 8.00. The number of nitrogens with zero attached hydrogens (tertiary/aromatic N) is 4. The van der Waals surface area contributed by atoms with Gasteiger partial charge >= 0.3 is 5.97 Å². The van der Waals surface area contributed by atoms with E-state index in [1.54, 1.807) is 4.57 Å². The molecule has 2 aromatic heterocycles. The maximum absolute atomic E-state index is 12.8. The van der Waals surface area contributed by atoms with Crippen molar-refractivity contribution in [2.24, 2.45) is 0 Å². The van der Waals surface area contributed by atoms with Crippen LogP contribution in [0.1, 0.15) is 17.8 Å². The summed E-state index contributed by atoms with van der Waals surface area (Å²) in [6.07, 6.45) is 4.11. The standard InChI is InChI=1S/C18H18N4O3/c1-25-15(23)8-7-14-21-17-16(19-10-11-20-17)18(24)22(14)12-9-13-5-3-2-4-6-13/h2-6,10-11H,7-9,12H2,1H3. The average molecular weight is 338 g/mol. The molecular formula is C18H18N4O3. The predicted octanol–water partition coefficient (Wildman–Crippen LogP) is 1.53. The summed E-state index contributed by atoms with van der Waals surface area (Å²) in [5.41, 5.74) is 1.40. The molecule has 0 aliphatic rings. The van der Waals surface area contributed by atoms with Crippen LogP contribution in [0.25, 0.3) is 11.2 Å². The molecule has 7 heteroatoms. The fraction of sp³-hybridized carbons (Fsp3) is 0.278. The number of carbonyl (C=O) groups excluding carboxylic acids is 1. The lowest BCUT2D eigenvalue weighted by Crippen LogP contribution is -2.27. The average Bonchev–Trinajstić information content (AvgIpc) is 2.66. The van der Waals surface area contributed by atoms with E-state index in [0.717, 1.165) is 5.56 Å². The number of esters is 1. The first-order valence-electron chi connectivity index (χ1n) is 8.00. The zero-order chi connectivity index (χ0) is 17.6. The Labute approximate surface area is 144 Å². The molecule has 0 bridgehead atoms. The molecule has 2 heterocycles. The molecule has 0 spiro atoms. The summed E-state index contributed by atoms with van der Waals surface area (Å²) >= 11 is 0. The van der Waals surface area contributed by atoms with Crippen LogP contribution in [0, 0.1) is 0 Å². The highest BCUT2D eigenvalue weighted by Crippen LogP contribution is 2.08. The van der Waals surface area contributed by atoms with Crippen LogP contribution >= 0.6 is 0 Å². The third kappa shape index (κ3) is 3.88. The Bertz CT molecular complexity index is 938. The fourth-order valence-corrected chi connectivity index (χ4v) is 2.61. The van der Waals surface area contributed by atoms with Crippen LogP contribution in [0.15, 0.2) is 47.5 Å². The summed E-state index contributed by atoms with van der Waals surface area (Å²) < 4.78 is 6.25. The topological polar surface area (TPSA) is 87.0 Å². The number of carbonyl (C=O) groups is 1. The van der Waals surface area contributed by atoms with Gasteiger partial charge < -0.3 is 4.74 Å². The Hall–Kier alpha value is -3.09. The second-order valence-electron chi connectivity index (χ2n) is 5.53. The molecule has 0 aliphatic carbocycles. The zero-order valence-electron chi connectivity index (χ0n) is 13.9. The quantitative estimate of drug-likeness (QED) is 0.634. The Morgan fingerprint density at radius 1 is 1.12 bits per heavy atom. The van der Waals surface area contributed by atoms with E-state index in [1.807, 2.05) is 30.3 Å². The zero-order valence-corrected chi connectivity index (χ0v) is 13.9. The van der Waals surface area contributed by atoms with E-state index in [0.29, 0.717) is 30.9 Å². The third-order valence-corrected chi connectivity index (χ3v) is 3.92. The molecule has 0 N–H and O–H groups in total. The van der Waals surface area contributed by atoms with Crippen molar-refractivity contribution in [2.75, 3.05) is 7.11 Å². The summed E-state index contributed by atoms with van der Waals surface area (Å²) in [6.45, 7) is 0.457. The van der Waals surface area contributed by atoms with E-state index in [-0.39, 0.29) is 23.5 Å². The molecule has 0 unspecified atom stereocenters. The lowest BCUT2D eigenvalue weighted by atomic mass is 10.1. The van der Waals surface area contributed by atoms with Crippen molar-refractivity contribution in [3.05, 3.63) is 64.5 Å². The minimum atomic E-state index is -0.344. The molecule has 3 aromatic rings. The second kappa shape index (κ2) is 7.65. The van der Waals surface area contributed by atoms with Crippen molar-refractivity contribution >= 4 is 17.1 Å². The van der Waals surface area contributed by atoms with Crippen molar-refractivity contribution < 1.29 is 9.53 Å². The van der Waals surface area contributed by atoms with Crippen LogP contribution in [0.2, 0.25) is 0 Å². The maximum Gasteiger partial charge on any atom is 0.305 e. The van der Waals surface area contributed by atoms with Gasteiger partial charge in [-0.15, -0.1) is 0 Å². The Balaban J connectivity index is 1.96. The van der Waals surface area contributed by atoms with Gasteiger partial charge in [0.1, 0.15) is 5.82 Å². The summed E-state index contributed by atoms with van der Waals surface area (Å²) in [4.78, 5) is 36.9. The molecule has 1 aromatic carbocycles. The van der Waals surface area contributed by atoms with Crippen LogP contribution in [0.3, 0.4) is 0 Å². The number of ether oxygens (including phenoxy) is 1. The van der Waals surface area contributed by atoms with Crippen LogP contribution in [-0.2, 0) is 28.9 Å². The second-order valence-corrected chi connectivity index (χ2v) is 5.53. The van der Waals surface area contributed by atoms with Crippen molar-refractivity contribution in [3.8, 4) is 0 Å². The molecule has 0 radical (unpaired) electrons. The lowest BCUT2D eigenvalue weighted by Gasteiger charge is -2.12. The van der Waals surface area contributed by atoms with Crippen molar-refractivity contribution in [2.45, 2.75) is 25.8 Å². The molecule has 25 heavy (non-hydrogen) atoms. The van der Waals surface area contributed by atoms with E-state index in [4.69, 9.17) is 0 Å². The van der Waals surface area contributed by atoms with Gasteiger partial charge in [-0.3, -0.25) is 14.2 Å². The molecular weight excluding hydrogens is 320 g/mol. The van der Waals surface area contributed by atoms with E-state index in [1.165, 1.54) is 19.5 Å². The van der Waals surface area contributed by atoms with Gasteiger partial charge in [0.25, 0.3) is 5.56 Å². The molecule has 0 atom stereocenters. The van der Waals surface area contributed by atoms with Gasteiger partial charge in [-0.25, -0.2) is 15.0 Å². The van der Waals surface area contributed by atoms with Gasteiger partial charge in [-0.1, -0.05) is 30.3 Å². The largest absolute Gasteiger partial charge is 0.469 e. The van der Waals surface area contributed by atoms with Crippen LogP contribution < -0.4 is 5.56 Å². The van der Waals surface area contributed by atoms with Crippen molar-refractivity contribution in [1.82, 2.24) is 19.5 Å². The van der Waals surface area contributed by atoms with E-state index in [9.17, 15) is 9.59 Å². The smallest absolute Gasteiger partial charge is 0.305 e.